The van der Waals surface area contributed by atoms with Crippen LogP contribution in [0.15, 0.2) is 34.8 Å². The Morgan fingerprint density at radius 3 is 2.58 bits per heavy atom. The lowest BCUT2D eigenvalue weighted by atomic mass is 9.47. The van der Waals surface area contributed by atoms with Crippen LogP contribution in [0.4, 0.5) is 0 Å². The van der Waals surface area contributed by atoms with Gasteiger partial charge in [-0.1, -0.05) is 24.1 Å². The van der Waals surface area contributed by atoms with E-state index in [2.05, 4.69) is 19.9 Å². The minimum absolute atomic E-state index is 0.247. The fourth-order valence-electron chi connectivity index (χ4n) is 6.68. The Hall–Kier alpha value is -1.51. The topological polar surface area (TPSA) is 57.5 Å². The lowest BCUT2D eigenvalue weighted by molar-refractivity contribution is -0.134. The SMILES string of the molecule is CC=C1CC[C@H]2[C@@H]3CCC4=CC(O)=C(O)C(=O)[C@]4(C)[C@H]3CC[C@]12C. The van der Waals surface area contributed by atoms with Crippen LogP contribution in [0.3, 0.4) is 0 Å². The molecular weight excluding hydrogens is 300 g/mol. The van der Waals surface area contributed by atoms with Crippen LogP contribution in [-0.2, 0) is 4.79 Å². The summed E-state index contributed by atoms with van der Waals surface area (Å²) in [6.45, 7) is 6.60. The molecule has 3 heteroatoms. The van der Waals surface area contributed by atoms with Crippen LogP contribution in [-0.4, -0.2) is 16.0 Å². The summed E-state index contributed by atoms with van der Waals surface area (Å²) in [6, 6.07) is 0. The van der Waals surface area contributed by atoms with Crippen molar-refractivity contribution in [1.82, 2.24) is 0 Å². The number of carbonyl (C=O) groups is 1. The minimum Gasteiger partial charge on any atom is -0.504 e. The summed E-state index contributed by atoms with van der Waals surface area (Å²) in [5.41, 5.74) is 2.30. The smallest absolute Gasteiger partial charge is 0.211 e. The zero-order valence-corrected chi connectivity index (χ0v) is 14.9. The van der Waals surface area contributed by atoms with E-state index in [0.29, 0.717) is 17.3 Å². The number of allylic oxidation sites excluding steroid dienone is 5. The van der Waals surface area contributed by atoms with E-state index < -0.39 is 11.2 Å². The number of aliphatic hydroxyl groups excluding tert-OH is 2. The molecular formula is C21H28O3. The third-order valence-corrected chi connectivity index (χ3v) is 8.03. The molecule has 0 radical (unpaired) electrons. The van der Waals surface area contributed by atoms with Crippen molar-refractivity contribution < 1.29 is 15.0 Å². The van der Waals surface area contributed by atoms with Crippen LogP contribution < -0.4 is 0 Å². The van der Waals surface area contributed by atoms with E-state index in [9.17, 15) is 15.0 Å². The number of hydrogen-bond acceptors (Lipinski definition) is 3. The molecule has 4 aliphatic rings. The summed E-state index contributed by atoms with van der Waals surface area (Å²) in [4.78, 5) is 12.9. The lowest BCUT2D eigenvalue weighted by Crippen LogP contribution is -2.52. The summed E-state index contributed by atoms with van der Waals surface area (Å²) in [6.07, 6.45) is 10.5. The van der Waals surface area contributed by atoms with Crippen LogP contribution in [0.1, 0.15) is 59.3 Å². The van der Waals surface area contributed by atoms with E-state index in [0.717, 1.165) is 31.3 Å². The summed E-state index contributed by atoms with van der Waals surface area (Å²) < 4.78 is 0. The van der Waals surface area contributed by atoms with Gasteiger partial charge < -0.3 is 10.2 Å². The van der Waals surface area contributed by atoms with E-state index >= 15 is 0 Å². The number of ketones is 1. The molecule has 24 heavy (non-hydrogen) atoms. The Morgan fingerprint density at radius 2 is 1.88 bits per heavy atom. The van der Waals surface area contributed by atoms with Gasteiger partial charge in [0.1, 0.15) is 0 Å². The van der Waals surface area contributed by atoms with Gasteiger partial charge in [-0.15, -0.1) is 0 Å². The maximum atomic E-state index is 12.9. The normalized spacial score (nSPS) is 46.5. The van der Waals surface area contributed by atoms with Gasteiger partial charge in [-0.2, -0.15) is 0 Å². The van der Waals surface area contributed by atoms with E-state index in [-0.39, 0.29) is 17.5 Å². The van der Waals surface area contributed by atoms with Gasteiger partial charge in [-0.25, -0.2) is 0 Å². The molecule has 4 rings (SSSR count). The van der Waals surface area contributed by atoms with Gasteiger partial charge in [0.25, 0.3) is 0 Å². The molecule has 5 atom stereocenters. The third kappa shape index (κ3) is 1.76. The molecule has 130 valence electrons. The molecule has 0 heterocycles. The van der Waals surface area contributed by atoms with Crippen LogP contribution in [0.2, 0.25) is 0 Å². The van der Waals surface area contributed by atoms with Crippen LogP contribution in [0.5, 0.6) is 0 Å². The fraction of sp³-hybridized carbons (Fsp3) is 0.667. The summed E-state index contributed by atoms with van der Waals surface area (Å²) in [5, 5.41) is 20.0. The van der Waals surface area contributed by atoms with Crippen molar-refractivity contribution in [3.8, 4) is 0 Å². The van der Waals surface area contributed by atoms with Crippen molar-refractivity contribution >= 4 is 5.78 Å². The third-order valence-electron chi connectivity index (χ3n) is 8.03. The first-order valence-corrected chi connectivity index (χ1v) is 9.37. The molecule has 0 bridgehead atoms. The zero-order chi connectivity index (χ0) is 17.3. The lowest BCUT2D eigenvalue weighted by Gasteiger charge is -2.56. The highest BCUT2D eigenvalue weighted by molar-refractivity contribution is 6.02. The van der Waals surface area contributed by atoms with Gasteiger partial charge in [0, 0.05) is 0 Å². The first-order chi connectivity index (χ1) is 11.3. The van der Waals surface area contributed by atoms with Crippen molar-refractivity contribution in [2.75, 3.05) is 0 Å². The predicted octanol–water partition coefficient (Wildman–Crippen LogP) is 5.01. The van der Waals surface area contributed by atoms with Crippen molar-refractivity contribution in [3.63, 3.8) is 0 Å². The standard InChI is InChI=1S/C21H28O3/c1-4-12-6-8-15-14-7-5-13-11-17(22)18(23)19(24)21(13,3)16(14)9-10-20(12,15)2/h4,11,14-16,22-23H,5-10H2,1-3H3/t14-,15-,16-,20+,21-/m0/s1. The summed E-state index contributed by atoms with van der Waals surface area (Å²) in [5.74, 6) is 0.532. The maximum absolute atomic E-state index is 12.9. The fourth-order valence-corrected chi connectivity index (χ4v) is 6.68. The second kappa shape index (κ2) is 5.00. The molecule has 0 spiro atoms. The zero-order valence-electron chi connectivity index (χ0n) is 14.9. The Labute approximate surface area is 144 Å². The Kier molecular flexibility index (Phi) is 3.33. The van der Waals surface area contributed by atoms with Crippen LogP contribution in [0.25, 0.3) is 0 Å². The van der Waals surface area contributed by atoms with E-state index in [4.69, 9.17) is 0 Å². The van der Waals surface area contributed by atoms with Crippen LogP contribution >= 0.6 is 0 Å². The number of hydrogen-bond donors (Lipinski definition) is 2. The summed E-state index contributed by atoms with van der Waals surface area (Å²) >= 11 is 0. The molecule has 2 N–H and O–H groups in total. The highest BCUT2D eigenvalue weighted by atomic mass is 16.3. The van der Waals surface area contributed by atoms with Gasteiger partial charge in [-0.3, -0.25) is 4.79 Å². The van der Waals surface area contributed by atoms with Gasteiger partial charge in [-0.05, 0) is 81.6 Å². The first-order valence-electron chi connectivity index (χ1n) is 9.37. The molecule has 0 aromatic rings. The summed E-state index contributed by atoms with van der Waals surface area (Å²) in [7, 11) is 0. The molecule has 3 fully saturated rings. The van der Waals surface area contributed by atoms with Gasteiger partial charge in [0.05, 0.1) is 5.41 Å². The van der Waals surface area contributed by atoms with E-state index in [1.54, 1.807) is 11.6 Å². The molecule has 0 aromatic carbocycles. The Bertz CT molecular complexity index is 698. The molecule has 0 amide bonds. The quantitative estimate of drug-likeness (QED) is 0.614. The Balaban J connectivity index is 1.75. The highest BCUT2D eigenvalue weighted by Crippen LogP contribution is 2.66. The predicted molar refractivity (Wildman–Crippen MR) is 93.5 cm³/mol. The Morgan fingerprint density at radius 1 is 1.12 bits per heavy atom. The average Bonchev–Trinajstić information content (AvgIpc) is 2.91. The van der Waals surface area contributed by atoms with Gasteiger partial charge in [0.2, 0.25) is 11.5 Å². The number of fused-ring (bicyclic) bond motifs is 5. The number of carbonyl (C=O) groups excluding carboxylic acids is 1. The average molecular weight is 328 g/mol. The van der Waals surface area contributed by atoms with E-state index in [1.165, 1.54) is 12.8 Å². The van der Waals surface area contributed by atoms with E-state index in [1.807, 2.05) is 6.92 Å². The first kappa shape index (κ1) is 16.0. The molecule has 4 aliphatic carbocycles. The second-order valence-corrected chi connectivity index (χ2v) is 8.66. The largest absolute Gasteiger partial charge is 0.504 e. The number of aliphatic hydroxyl groups is 2. The molecule has 0 unspecified atom stereocenters. The minimum atomic E-state index is -0.626. The van der Waals surface area contributed by atoms with Gasteiger partial charge in [0.15, 0.2) is 5.76 Å². The van der Waals surface area contributed by atoms with Crippen molar-refractivity contribution in [2.24, 2.45) is 28.6 Å². The number of rotatable bonds is 0. The van der Waals surface area contributed by atoms with Crippen LogP contribution in [0, 0.1) is 28.6 Å². The second-order valence-electron chi connectivity index (χ2n) is 8.66. The van der Waals surface area contributed by atoms with Crippen molar-refractivity contribution in [1.29, 1.82) is 0 Å². The molecule has 3 nitrogen and oxygen atoms in total. The van der Waals surface area contributed by atoms with Gasteiger partial charge >= 0.3 is 0 Å². The maximum Gasteiger partial charge on any atom is 0.211 e. The monoisotopic (exact) mass is 328 g/mol. The van der Waals surface area contributed by atoms with Crippen molar-refractivity contribution in [2.45, 2.75) is 59.3 Å². The molecule has 3 saturated carbocycles. The molecule has 0 aliphatic heterocycles. The highest BCUT2D eigenvalue weighted by Gasteiger charge is 2.60. The molecule has 0 saturated heterocycles. The number of Topliss-reactive ketones (excluding diaryl/α,β-unsaturated/α-hetero) is 1. The molecule has 0 aromatic heterocycles. The van der Waals surface area contributed by atoms with Crippen molar-refractivity contribution in [3.05, 3.63) is 34.8 Å².